The van der Waals surface area contributed by atoms with Crippen molar-refractivity contribution < 1.29 is 17.9 Å². The van der Waals surface area contributed by atoms with E-state index in [9.17, 15) is 13.2 Å². The first-order valence-corrected chi connectivity index (χ1v) is 11.4. The highest BCUT2D eigenvalue weighted by Gasteiger charge is 2.41. The van der Waals surface area contributed by atoms with Gasteiger partial charge in [-0.15, -0.1) is 11.8 Å². The molecule has 1 fully saturated rings. The number of rotatable bonds is 6. The number of hydrogen-bond acceptors (Lipinski definition) is 5. The molecule has 0 aromatic heterocycles. The average Bonchev–Trinajstić information content (AvgIpc) is 3.02. The van der Waals surface area contributed by atoms with Crippen molar-refractivity contribution in [2.24, 2.45) is 5.92 Å². The van der Waals surface area contributed by atoms with Crippen molar-refractivity contribution in [3.63, 3.8) is 0 Å². The SMILES string of the molecule is COc1c(Br)cc(Cl)cc1S(=O)(=O)N1CSCC1C(=O)NCC(C)C. The van der Waals surface area contributed by atoms with Gasteiger partial charge in [-0.25, -0.2) is 8.42 Å². The first-order valence-electron chi connectivity index (χ1n) is 7.58. The second kappa shape index (κ2) is 8.47. The number of sulfonamides is 1. The lowest BCUT2D eigenvalue weighted by Gasteiger charge is -2.24. The molecule has 0 radical (unpaired) electrons. The van der Waals surface area contributed by atoms with Gasteiger partial charge in [-0.1, -0.05) is 25.4 Å². The Labute approximate surface area is 165 Å². The highest BCUT2D eigenvalue weighted by molar-refractivity contribution is 9.10. The molecule has 0 saturated carbocycles. The number of benzene rings is 1. The van der Waals surface area contributed by atoms with Gasteiger partial charge in [-0.05, 0) is 34.0 Å². The van der Waals surface area contributed by atoms with E-state index in [0.717, 1.165) is 0 Å². The van der Waals surface area contributed by atoms with E-state index in [-0.39, 0.29) is 33.4 Å². The molecule has 0 spiro atoms. The zero-order valence-corrected chi connectivity index (χ0v) is 18.1. The van der Waals surface area contributed by atoms with Crippen LogP contribution in [0.4, 0.5) is 0 Å². The second-order valence-electron chi connectivity index (χ2n) is 5.97. The van der Waals surface area contributed by atoms with Crippen LogP contribution in [0, 0.1) is 5.92 Å². The number of nitrogens with one attached hydrogen (secondary N) is 1. The van der Waals surface area contributed by atoms with Crippen molar-refractivity contribution in [2.75, 3.05) is 25.3 Å². The van der Waals surface area contributed by atoms with Crippen molar-refractivity contribution >= 4 is 55.2 Å². The largest absolute Gasteiger partial charge is 0.494 e. The van der Waals surface area contributed by atoms with Crippen molar-refractivity contribution in [3.8, 4) is 5.75 Å². The molecular formula is C15H20BrClN2O4S2. The Morgan fingerprint density at radius 1 is 1.52 bits per heavy atom. The topological polar surface area (TPSA) is 75.7 Å². The van der Waals surface area contributed by atoms with Gasteiger partial charge >= 0.3 is 0 Å². The number of amides is 1. The number of nitrogens with zero attached hydrogens (tertiary/aromatic N) is 1. The molecule has 6 nitrogen and oxygen atoms in total. The molecule has 10 heteroatoms. The van der Waals surface area contributed by atoms with E-state index in [1.807, 2.05) is 13.8 Å². The third-order valence-electron chi connectivity index (χ3n) is 3.59. The number of carbonyl (C=O) groups is 1. The fraction of sp³-hybridized carbons (Fsp3) is 0.533. The van der Waals surface area contributed by atoms with Crippen molar-refractivity contribution in [1.82, 2.24) is 9.62 Å². The molecule has 25 heavy (non-hydrogen) atoms. The molecule has 1 atom stereocenters. The number of hydrogen-bond donors (Lipinski definition) is 1. The molecule has 1 saturated heterocycles. The monoisotopic (exact) mass is 470 g/mol. The zero-order chi connectivity index (χ0) is 18.8. The van der Waals surface area contributed by atoms with Gasteiger partial charge in [0, 0.05) is 17.3 Å². The van der Waals surface area contributed by atoms with Crippen LogP contribution < -0.4 is 10.1 Å². The van der Waals surface area contributed by atoms with E-state index < -0.39 is 16.1 Å². The van der Waals surface area contributed by atoms with Gasteiger partial charge in [0.15, 0.2) is 5.75 Å². The minimum Gasteiger partial charge on any atom is -0.494 e. The summed E-state index contributed by atoms with van der Waals surface area (Å²) in [6.07, 6.45) is 0. The van der Waals surface area contributed by atoms with Crippen LogP contribution in [-0.4, -0.2) is 50.0 Å². The van der Waals surface area contributed by atoms with Gasteiger partial charge in [0.1, 0.15) is 10.9 Å². The Hall–Kier alpha value is -0.480. The van der Waals surface area contributed by atoms with Gasteiger partial charge in [0.25, 0.3) is 0 Å². The van der Waals surface area contributed by atoms with Crippen LogP contribution in [0.2, 0.25) is 5.02 Å². The minimum atomic E-state index is -3.95. The highest BCUT2D eigenvalue weighted by Crippen LogP contribution is 2.39. The van der Waals surface area contributed by atoms with E-state index >= 15 is 0 Å². The molecule has 2 rings (SSSR count). The summed E-state index contributed by atoms with van der Waals surface area (Å²) in [4.78, 5) is 12.4. The Kier molecular flexibility index (Phi) is 7.06. The standard InChI is InChI=1S/C15H20BrClN2O4S2/c1-9(2)6-18-15(20)12-7-24-8-19(12)25(21,22)13-5-10(17)4-11(16)14(13)23-3/h4-5,9,12H,6-8H2,1-3H3,(H,18,20). The first kappa shape index (κ1) is 20.8. The molecule has 1 heterocycles. The fourth-order valence-electron chi connectivity index (χ4n) is 2.35. The molecule has 0 bridgehead atoms. The summed E-state index contributed by atoms with van der Waals surface area (Å²) in [6.45, 7) is 4.46. The highest BCUT2D eigenvalue weighted by atomic mass is 79.9. The smallest absolute Gasteiger partial charge is 0.248 e. The van der Waals surface area contributed by atoms with Crippen LogP contribution in [0.25, 0.3) is 0 Å². The lowest BCUT2D eigenvalue weighted by Crippen LogP contribution is -2.47. The van der Waals surface area contributed by atoms with E-state index in [1.165, 1.54) is 29.2 Å². The molecule has 1 amide bonds. The third-order valence-corrected chi connectivity index (χ3v) is 7.44. The lowest BCUT2D eigenvalue weighted by atomic mass is 10.2. The summed E-state index contributed by atoms with van der Waals surface area (Å²) in [5.74, 6) is 0.778. The van der Waals surface area contributed by atoms with Crippen LogP contribution >= 0.6 is 39.3 Å². The van der Waals surface area contributed by atoms with Crippen molar-refractivity contribution in [2.45, 2.75) is 24.8 Å². The van der Waals surface area contributed by atoms with Crippen molar-refractivity contribution in [1.29, 1.82) is 0 Å². The van der Waals surface area contributed by atoms with Crippen molar-refractivity contribution in [3.05, 3.63) is 21.6 Å². The molecule has 1 aromatic carbocycles. The van der Waals surface area contributed by atoms with E-state index in [1.54, 1.807) is 6.07 Å². The fourth-order valence-corrected chi connectivity index (χ4v) is 6.87. The van der Waals surface area contributed by atoms with Crippen LogP contribution in [0.5, 0.6) is 5.75 Å². The lowest BCUT2D eigenvalue weighted by molar-refractivity contribution is -0.123. The summed E-state index contributed by atoms with van der Waals surface area (Å²) in [5.41, 5.74) is 0. The average molecular weight is 472 g/mol. The van der Waals surface area contributed by atoms with Crippen LogP contribution in [-0.2, 0) is 14.8 Å². The third kappa shape index (κ3) is 4.63. The predicted octanol–water partition coefficient (Wildman–Crippen LogP) is 2.95. The molecule has 0 aliphatic carbocycles. The molecule has 1 N–H and O–H groups in total. The number of halogens is 2. The Morgan fingerprint density at radius 2 is 2.20 bits per heavy atom. The summed E-state index contributed by atoms with van der Waals surface area (Å²) in [7, 11) is -2.56. The van der Waals surface area contributed by atoms with E-state index in [0.29, 0.717) is 16.8 Å². The molecule has 1 aliphatic rings. The number of methoxy groups -OCH3 is 1. The maximum Gasteiger partial charge on any atom is 0.248 e. The van der Waals surface area contributed by atoms with Crippen LogP contribution in [0.1, 0.15) is 13.8 Å². The van der Waals surface area contributed by atoms with E-state index in [4.69, 9.17) is 16.3 Å². The predicted molar refractivity (Wildman–Crippen MR) is 104 cm³/mol. The van der Waals surface area contributed by atoms with Gasteiger partial charge in [-0.3, -0.25) is 4.79 Å². The van der Waals surface area contributed by atoms with Crippen LogP contribution in [0.15, 0.2) is 21.5 Å². The maximum absolute atomic E-state index is 13.1. The zero-order valence-electron chi connectivity index (χ0n) is 14.1. The van der Waals surface area contributed by atoms with Crippen LogP contribution in [0.3, 0.4) is 0 Å². The van der Waals surface area contributed by atoms with Gasteiger partial charge in [0.05, 0.1) is 17.5 Å². The van der Waals surface area contributed by atoms with Gasteiger partial charge in [0.2, 0.25) is 15.9 Å². The summed E-state index contributed by atoms with van der Waals surface area (Å²) < 4.78 is 33.2. The number of carbonyl (C=O) groups excluding carboxylic acids is 1. The van der Waals surface area contributed by atoms with Gasteiger partial charge in [-0.2, -0.15) is 4.31 Å². The molecule has 1 unspecified atom stereocenters. The molecule has 140 valence electrons. The molecular weight excluding hydrogens is 452 g/mol. The molecule has 1 aromatic rings. The first-order chi connectivity index (χ1) is 11.7. The Balaban J connectivity index is 2.37. The summed E-state index contributed by atoms with van der Waals surface area (Å²) in [5, 5.41) is 3.07. The molecule has 1 aliphatic heterocycles. The Bertz CT molecular complexity index is 758. The minimum absolute atomic E-state index is 0.0569. The number of ether oxygens (including phenoxy) is 1. The normalized spacial score (nSPS) is 18.6. The van der Waals surface area contributed by atoms with Gasteiger partial charge < -0.3 is 10.1 Å². The summed E-state index contributed by atoms with van der Waals surface area (Å²) in [6, 6.07) is 2.15. The number of thioether (sulfide) groups is 1. The maximum atomic E-state index is 13.1. The van der Waals surface area contributed by atoms with E-state index in [2.05, 4.69) is 21.2 Å². The second-order valence-corrected chi connectivity index (χ2v) is 10.1. The quantitative estimate of drug-likeness (QED) is 0.690. The Morgan fingerprint density at radius 3 is 2.80 bits per heavy atom. The summed E-state index contributed by atoms with van der Waals surface area (Å²) >= 11 is 10.7.